The minimum Gasteiger partial charge on any atom is -0.493 e. The Morgan fingerprint density at radius 1 is 1.25 bits per heavy atom. The molecule has 5 N–H and O–H groups in total. The average molecular weight is 270 g/mol. The van der Waals surface area contributed by atoms with Crippen molar-refractivity contribution in [1.29, 1.82) is 0 Å². The molecule has 20 heavy (non-hydrogen) atoms. The number of hydrogen-bond acceptors (Lipinski definition) is 5. The number of pyridine rings is 1. The van der Waals surface area contributed by atoms with Crippen LogP contribution in [0.5, 0.6) is 5.75 Å². The van der Waals surface area contributed by atoms with Crippen molar-refractivity contribution < 1.29 is 4.74 Å². The molecule has 0 amide bonds. The van der Waals surface area contributed by atoms with Crippen LogP contribution >= 0.6 is 0 Å². The molecule has 0 aliphatic carbocycles. The molecule has 2 atom stereocenters. The number of nitrogens with two attached hydrogens (primary N) is 2. The molecule has 0 saturated carbocycles. The molecule has 1 aromatic carbocycles. The molecule has 1 aliphatic rings. The van der Waals surface area contributed by atoms with Gasteiger partial charge in [-0.2, -0.15) is 0 Å². The number of fused-ring (bicyclic) bond motifs is 1. The van der Waals surface area contributed by atoms with E-state index in [4.69, 9.17) is 16.3 Å². The van der Waals surface area contributed by atoms with Crippen LogP contribution in [0.25, 0.3) is 0 Å². The van der Waals surface area contributed by atoms with E-state index in [0.717, 1.165) is 17.7 Å². The number of nitrogen functional groups attached to an aromatic ring is 1. The summed E-state index contributed by atoms with van der Waals surface area (Å²) >= 11 is 0. The fourth-order valence-corrected chi connectivity index (χ4v) is 2.74. The van der Waals surface area contributed by atoms with Gasteiger partial charge < -0.3 is 10.5 Å². The zero-order valence-electron chi connectivity index (χ0n) is 11.1. The molecule has 2 heterocycles. The Kier molecular flexibility index (Phi) is 3.54. The molecular formula is C15H18N4O. The molecule has 1 aromatic heterocycles. The first-order chi connectivity index (χ1) is 9.79. The van der Waals surface area contributed by atoms with Crippen molar-refractivity contribution in [2.75, 3.05) is 12.3 Å². The molecule has 0 spiro atoms. The van der Waals surface area contributed by atoms with Crippen molar-refractivity contribution in [3.05, 3.63) is 53.7 Å². The highest BCUT2D eigenvalue weighted by molar-refractivity contribution is 5.42. The first-order valence-corrected chi connectivity index (χ1v) is 6.67. The minimum atomic E-state index is -0.0722. The standard InChI is InChI=1S/C15H18N4O/c16-15-12(5-3-7-18-15)14(19-17)11-8-10-4-1-2-6-13(10)20-9-11/h1-7,11,14,19H,8-9,17H2,(H2,16,18). The number of nitrogens with one attached hydrogen (secondary N) is 1. The van der Waals surface area contributed by atoms with Crippen molar-refractivity contribution in [1.82, 2.24) is 10.4 Å². The predicted octanol–water partition coefficient (Wildman–Crippen LogP) is 1.42. The van der Waals surface area contributed by atoms with Crippen LogP contribution in [0.1, 0.15) is 17.2 Å². The molecule has 0 saturated heterocycles. The predicted molar refractivity (Wildman–Crippen MR) is 77.8 cm³/mol. The van der Waals surface area contributed by atoms with Gasteiger partial charge in [0, 0.05) is 17.7 Å². The fraction of sp³-hybridized carbons (Fsp3) is 0.267. The summed E-state index contributed by atoms with van der Waals surface area (Å²) < 4.78 is 5.82. The lowest BCUT2D eigenvalue weighted by Gasteiger charge is -2.31. The smallest absolute Gasteiger partial charge is 0.128 e. The Bertz CT molecular complexity index is 602. The largest absolute Gasteiger partial charge is 0.493 e. The Morgan fingerprint density at radius 2 is 2.10 bits per heavy atom. The van der Waals surface area contributed by atoms with Crippen LogP contribution in [0.15, 0.2) is 42.6 Å². The van der Waals surface area contributed by atoms with E-state index in [1.54, 1.807) is 6.20 Å². The number of aromatic nitrogens is 1. The molecule has 104 valence electrons. The summed E-state index contributed by atoms with van der Waals surface area (Å²) in [5, 5.41) is 0. The third-order valence-corrected chi connectivity index (χ3v) is 3.76. The Hall–Kier alpha value is -2.11. The highest BCUT2D eigenvalue weighted by Gasteiger charge is 2.29. The van der Waals surface area contributed by atoms with Crippen LogP contribution in [0.2, 0.25) is 0 Å². The summed E-state index contributed by atoms with van der Waals surface area (Å²) in [4.78, 5) is 4.13. The summed E-state index contributed by atoms with van der Waals surface area (Å²) in [6, 6.07) is 11.8. The first kappa shape index (κ1) is 12.9. The Labute approximate surface area is 117 Å². The van der Waals surface area contributed by atoms with Crippen molar-refractivity contribution in [2.45, 2.75) is 12.5 Å². The lowest BCUT2D eigenvalue weighted by atomic mass is 9.87. The second-order valence-corrected chi connectivity index (χ2v) is 5.01. The third-order valence-electron chi connectivity index (χ3n) is 3.76. The summed E-state index contributed by atoms with van der Waals surface area (Å²) in [5.74, 6) is 7.42. The second-order valence-electron chi connectivity index (χ2n) is 5.01. The summed E-state index contributed by atoms with van der Waals surface area (Å²) in [5.41, 5.74) is 10.9. The van der Waals surface area contributed by atoms with E-state index in [1.807, 2.05) is 30.3 Å². The molecular weight excluding hydrogens is 252 g/mol. The van der Waals surface area contributed by atoms with E-state index in [9.17, 15) is 0 Å². The Balaban J connectivity index is 1.87. The molecule has 2 aromatic rings. The molecule has 5 nitrogen and oxygen atoms in total. The second kappa shape index (κ2) is 5.48. The minimum absolute atomic E-state index is 0.0722. The number of hydrazine groups is 1. The van der Waals surface area contributed by atoms with Crippen LogP contribution in [-0.2, 0) is 6.42 Å². The van der Waals surface area contributed by atoms with Gasteiger partial charge in [-0.05, 0) is 24.1 Å². The van der Waals surface area contributed by atoms with Gasteiger partial charge in [-0.15, -0.1) is 0 Å². The zero-order valence-corrected chi connectivity index (χ0v) is 11.1. The van der Waals surface area contributed by atoms with E-state index in [-0.39, 0.29) is 12.0 Å². The lowest BCUT2D eigenvalue weighted by molar-refractivity contribution is 0.185. The van der Waals surface area contributed by atoms with E-state index in [1.165, 1.54) is 5.56 Å². The number of anilines is 1. The van der Waals surface area contributed by atoms with Gasteiger partial charge in [-0.25, -0.2) is 4.98 Å². The molecule has 2 unspecified atom stereocenters. The summed E-state index contributed by atoms with van der Waals surface area (Å²) in [7, 11) is 0. The van der Waals surface area contributed by atoms with E-state index in [2.05, 4.69) is 16.5 Å². The van der Waals surface area contributed by atoms with E-state index in [0.29, 0.717) is 12.4 Å². The molecule has 0 fully saturated rings. The maximum atomic E-state index is 5.95. The summed E-state index contributed by atoms with van der Waals surface area (Å²) in [6.07, 6.45) is 2.58. The molecule has 1 aliphatic heterocycles. The van der Waals surface area contributed by atoms with Gasteiger partial charge in [-0.3, -0.25) is 11.3 Å². The normalized spacial score (nSPS) is 18.9. The number of ether oxygens (including phenoxy) is 1. The number of benzene rings is 1. The van der Waals surface area contributed by atoms with E-state index >= 15 is 0 Å². The van der Waals surface area contributed by atoms with Gasteiger partial charge in [0.15, 0.2) is 0 Å². The lowest BCUT2D eigenvalue weighted by Crippen LogP contribution is -2.39. The number of hydrogen-bond donors (Lipinski definition) is 3. The van der Waals surface area contributed by atoms with Crippen LogP contribution in [0, 0.1) is 5.92 Å². The quantitative estimate of drug-likeness (QED) is 0.580. The van der Waals surface area contributed by atoms with Gasteiger partial charge in [0.1, 0.15) is 11.6 Å². The maximum Gasteiger partial charge on any atom is 0.128 e. The fourth-order valence-electron chi connectivity index (χ4n) is 2.74. The average Bonchev–Trinajstić information content (AvgIpc) is 2.50. The first-order valence-electron chi connectivity index (χ1n) is 6.67. The highest BCUT2D eigenvalue weighted by atomic mass is 16.5. The number of nitrogens with zero attached hydrogens (tertiary/aromatic N) is 1. The topological polar surface area (TPSA) is 86.2 Å². The maximum absolute atomic E-state index is 5.95. The van der Waals surface area contributed by atoms with Crippen molar-refractivity contribution >= 4 is 5.82 Å². The van der Waals surface area contributed by atoms with Gasteiger partial charge in [-0.1, -0.05) is 24.3 Å². The van der Waals surface area contributed by atoms with Crippen LogP contribution in [0.3, 0.4) is 0 Å². The van der Waals surface area contributed by atoms with Crippen molar-refractivity contribution in [3.8, 4) is 5.75 Å². The molecule has 0 radical (unpaired) electrons. The van der Waals surface area contributed by atoms with Crippen molar-refractivity contribution in [3.63, 3.8) is 0 Å². The van der Waals surface area contributed by atoms with Gasteiger partial charge in [0.25, 0.3) is 0 Å². The SMILES string of the molecule is NNC(c1cccnc1N)C1COc2ccccc2C1. The Morgan fingerprint density at radius 3 is 2.90 bits per heavy atom. The van der Waals surface area contributed by atoms with Gasteiger partial charge in [0.05, 0.1) is 12.6 Å². The van der Waals surface area contributed by atoms with Crippen LogP contribution in [0.4, 0.5) is 5.82 Å². The number of para-hydroxylation sites is 1. The number of rotatable bonds is 3. The monoisotopic (exact) mass is 270 g/mol. The molecule has 5 heteroatoms. The zero-order chi connectivity index (χ0) is 13.9. The van der Waals surface area contributed by atoms with Gasteiger partial charge in [0.2, 0.25) is 0 Å². The van der Waals surface area contributed by atoms with E-state index < -0.39 is 0 Å². The summed E-state index contributed by atoms with van der Waals surface area (Å²) in [6.45, 7) is 0.611. The molecule has 0 bridgehead atoms. The van der Waals surface area contributed by atoms with Gasteiger partial charge >= 0.3 is 0 Å². The highest BCUT2D eigenvalue weighted by Crippen LogP contribution is 2.34. The third kappa shape index (κ3) is 2.33. The van der Waals surface area contributed by atoms with Crippen LogP contribution < -0.4 is 21.7 Å². The molecule has 3 rings (SSSR count). The van der Waals surface area contributed by atoms with Crippen LogP contribution in [-0.4, -0.2) is 11.6 Å². The van der Waals surface area contributed by atoms with Crippen molar-refractivity contribution in [2.24, 2.45) is 11.8 Å².